The molecule has 138 valence electrons. The molecule has 1 aliphatic heterocycles. The Labute approximate surface area is 155 Å². The predicted molar refractivity (Wildman–Crippen MR) is 92.3 cm³/mol. The molecule has 0 saturated heterocycles. The monoisotopic (exact) mass is 430 g/mol. The summed E-state index contributed by atoms with van der Waals surface area (Å²) in [6, 6.07) is 9.20. The highest BCUT2D eigenvalue weighted by Crippen LogP contribution is 2.42. The number of hydrogen-bond acceptors (Lipinski definition) is 4. The first-order valence-electron chi connectivity index (χ1n) is 7.51. The fourth-order valence-corrected chi connectivity index (χ4v) is 3.31. The van der Waals surface area contributed by atoms with Crippen molar-refractivity contribution in [2.24, 2.45) is 0 Å². The van der Waals surface area contributed by atoms with Crippen LogP contribution >= 0.6 is 15.9 Å². The lowest BCUT2D eigenvalue weighted by atomic mass is 10.0. The van der Waals surface area contributed by atoms with E-state index in [1.165, 1.54) is 25.3 Å². The first-order valence-corrected chi connectivity index (χ1v) is 8.30. The van der Waals surface area contributed by atoms with Crippen LogP contribution in [0.15, 0.2) is 40.9 Å². The van der Waals surface area contributed by atoms with Gasteiger partial charge in [-0.2, -0.15) is 13.2 Å². The largest absolute Gasteiger partial charge is 0.504 e. The smallest absolute Gasteiger partial charge is 0.406 e. The number of anilines is 1. The Bertz CT molecular complexity index is 858. The molecule has 2 N–H and O–H groups in total. The molecule has 1 atom stereocenters. The Hall–Kier alpha value is -2.42. The zero-order valence-electron chi connectivity index (χ0n) is 13.5. The molecule has 0 spiro atoms. The van der Waals surface area contributed by atoms with Gasteiger partial charge in [0.2, 0.25) is 0 Å². The van der Waals surface area contributed by atoms with Gasteiger partial charge in [-0.05, 0) is 24.3 Å². The summed E-state index contributed by atoms with van der Waals surface area (Å²) in [5.41, 5.74) is 0.608. The number of amides is 1. The summed E-state index contributed by atoms with van der Waals surface area (Å²) in [4.78, 5) is 13.3. The number of ether oxygens (including phenoxy) is 1. The topological polar surface area (TPSA) is 61.8 Å². The maximum Gasteiger partial charge on any atom is 0.406 e. The second-order valence-electron chi connectivity index (χ2n) is 5.69. The third-order valence-corrected chi connectivity index (χ3v) is 4.41. The number of para-hydroxylation sites is 1. The van der Waals surface area contributed by atoms with Gasteiger partial charge in [-0.25, -0.2) is 0 Å². The van der Waals surface area contributed by atoms with Gasteiger partial charge >= 0.3 is 6.18 Å². The van der Waals surface area contributed by atoms with E-state index in [9.17, 15) is 23.1 Å². The number of benzene rings is 2. The number of fused-ring (bicyclic) bond motifs is 1. The number of methoxy groups -OCH3 is 1. The van der Waals surface area contributed by atoms with E-state index in [0.717, 1.165) is 0 Å². The minimum atomic E-state index is -4.60. The molecule has 26 heavy (non-hydrogen) atoms. The van der Waals surface area contributed by atoms with Crippen LogP contribution in [-0.2, 0) is 0 Å². The summed E-state index contributed by atoms with van der Waals surface area (Å²) in [6.45, 7) is -1.47. The SMILES string of the molecule is COc1cc(Br)cc(C2Nc3ccccc3C(=O)N2CC(F)(F)F)c1O. The number of nitrogens with zero attached hydrogens (tertiary/aromatic N) is 1. The molecule has 2 aromatic carbocycles. The highest BCUT2D eigenvalue weighted by atomic mass is 79.9. The Morgan fingerprint density at radius 2 is 2.00 bits per heavy atom. The number of alkyl halides is 3. The molecule has 0 aliphatic carbocycles. The second-order valence-corrected chi connectivity index (χ2v) is 6.60. The maximum atomic E-state index is 13.1. The number of carbonyl (C=O) groups excluding carboxylic acids is 1. The summed E-state index contributed by atoms with van der Waals surface area (Å²) < 4.78 is 44.8. The van der Waals surface area contributed by atoms with Crippen molar-refractivity contribution in [3.8, 4) is 11.5 Å². The average molecular weight is 431 g/mol. The van der Waals surface area contributed by atoms with E-state index in [1.807, 2.05) is 0 Å². The Morgan fingerprint density at radius 1 is 1.31 bits per heavy atom. The lowest BCUT2D eigenvalue weighted by Gasteiger charge is -2.38. The normalized spacial score (nSPS) is 16.9. The van der Waals surface area contributed by atoms with Crippen LogP contribution in [0.2, 0.25) is 0 Å². The van der Waals surface area contributed by atoms with E-state index >= 15 is 0 Å². The molecule has 9 heteroatoms. The van der Waals surface area contributed by atoms with Gasteiger partial charge in [-0.1, -0.05) is 28.1 Å². The quantitative estimate of drug-likeness (QED) is 0.762. The number of phenolic OH excluding ortho intramolecular Hbond substituents is 1. The van der Waals surface area contributed by atoms with Crippen molar-refractivity contribution in [1.82, 2.24) is 4.90 Å². The predicted octanol–water partition coefficient (Wildman–Crippen LogP) is 4.29. The highest BCUT2D eigenvalue weighted by Gasteiger charge is 2.41. The van der Waals surface area contributed by atoms with Crippen molar-refractivity contribution in [2.45, 2.75) is 12.3 Å². The first-order chi connectivity index (χ1) is 12.2. The summed E-state index contributed by atoms with van der Waals surface area (Å²) in [7, 11) is 1.33. The molecule has 3 rings (SSSR count). The second kappa shape index (κ2) is 6.71. The molecule has 1 aliphatic rings. The summed E-state index contributed by atoms with van der Waals surface area (Å²) in [5.74, 6) is -1.04. The third-order valence-electron chi connectivity index (χ3n) is 3.96. The fourth-order valence-electron chi connectivity index (χ4n) is 2.85. The molecule has 1 unspecified atom stereocenters. The number of aromatic hydroxyl groups is 1. The van der Waals surface area contributed by atoms with Crippen molar-refractivity contribution in [3.05, 3.63) is 52.0 Å². The Kier molecular flexibility index (Phi) is 4.74. The van der Waals surface area contributed by atoms with Gasteiger partial charge in [0.05, 0.1) is 12.7 Å². The molecular formula is C17H14BrF3N2O3. The Balaban J connectivity index is 2.14. The van der Waals surface area contributed by atoms with E-state index in [1.54, 1.807) is 18.2 Å². The van der Waals surface area contributed by atoms with Crippen molar-refractivity contribution >= 4 is 27.5 Å². The zero-order valence-corrected chi connectivity index (χ0v) is 15.1. The number of rotatable bonds is 3. The average Bonchev–Trinajstić information content (AvgIpc) is 2.58. The van der Waals surface area contributed by atoms with Crippen molar-refractivity contribution in [1.29, 1.82) is 0 Å². The molecule has 1 amide bonds. The van der Waals surface area contributed by atoms with Gasteiger partial charge in [-0.15, -0.1) is 0 Å². The summed E-state index contributed by atoms with van der Waals surface area (Å²) in [6.07, 6.45) is -5.82. The van der Waals surface area contributed by atoms with Crippen LogP contribution in [0.1, 0.15) is 22.1 Å². The van der Waals surface area contributed by atoms with Gasteiger partial charge in [0.15, 0.2) is 11.5 Å². The number of phenols is 1. The lowest BCUT2D eigenvalue weighted by Crippen LogP contribution is -2.47. The molecule has 0 saturated carbocycles. The molecule has 0 bridgehead atoms. The minimum absolute atomic E-state index is 0.0782. The number of nitrogens with one attached hydrogen (secondary N) is 1. The molecule has 0 radical (unpaired) electrons. The van der Waals surface area contributed by atoms with Gasteiger partial charge in [-0.3, -0.25) is 4.79 Å². The number of hydrogen-bond donors (Lipinski definition) is 2. The van der Waals surface area contributed by atoms with Gasteiger partial charge in [0.1, 0.15) is 12.7 Å². The van der Waals surface area contributed by atoms with Gasteiger partial charge in [0, 0.05) is 15.7 Å². The number of halogens is 4. The van der Waals surface area contributed by atoms with Gasteiger partial charge in [0.25, 0.3) is 5.91 Å². The standard InChI is InChI=1S/C17H14BrF3N2O3/c1-26-13-7-9(18)6-11(14(13)24)15-22-12-5-3-2-4-10(12)16(25)23(15)8-17(19,20)21/h2-7,15,22,24H,8H2,1H3. The molecular weight excluding hydrogens is 417 g/mol. The van der Waals surface area contributed by atoms with E-state index in [0.29, 0.717) is 15.1 Å². The molecule has 1 heterocycles. The zero-order chi connectivity index (χ0) is 19.1. The lowest BCUT2D eigenvalue weighted by molar-refractivity contribution is -0.144. The molecule has 0 fully saturated rings. The summed E-state index contributed by atoms with van der Waals surface area (Å²) >= 11 is 3.24. The van der Waals surface area contributed by atoms with Crippen molar-refractivity contribution in [3.63, 3.8) is 0 Å². The maximum absolute atomic E-state index is 13.1. The van der Waals surface area contributed by atoms with Crippen LogP contribution in [0.5, 0.6) is 11.5 Å². The van der Waals surface area contributed by atoms with Crippen molar-refractivity contribution in [2.75, 3.05) is 19.0 Å². The minimum Gasteiger partial charge on any atom is -0.504 e. The van der Waals surface area contributed by atoms with E-state index in [4.69, 9.17) is 4.74 Å². The van der Waals surface area contributed by atoms with E-state index < -0.39 is 24.8 Å². The molecule has 2 aromatic rings. The van der Waals surface area contributed by atoms with Crippen LogP contribution in [0.4, 0.5) is 18.9 Å². The van der Waals surface area contributed by atoms with Gasteiger partial charge < -0.3 is 20.1 Å². The van der Waals surface area contributed by atoms with Crippen LogP contribution in [0, 0.1) is 0 Å². The molecule has 0 aromatic heterocycles. The van der Waals surface area contributed by atoms with Crippen LogP contribution < -0.4 is 10.1 Å². The molecule has 5 nitrogen and oxygen atoms in total. The number of carbonyl (C=O) groups is 1. The fraction of sp³-hybridized carbons (Fsp3) is 0.235. The van der Waals surface area contributed by atoms with Crippen LogP contribution in [-0.4, -0.2) is 35.7 Å². The third kappa shape index (κ3) is 3.44. The van der Waals surface area contributed by atoms with Crippen LogP contribution in [0.25, 0.3) is 0 Å². The Morgan fingerprint density at radius 3 is 2.65 bits per heavy atom. The van der Waals surface area contributed by atoms with E-state index in [2.05, 4.69) is 21.2 Å². The van der Waals surface area contributed by atoms with Crippen molar-refractivity contribution < 1.29 is 27.8 Å². The summed E-state index contributed by atoms with van der Waals surface area (Å²) in [5, 5.41) is 13.3. The van der Waals surface area contributed by atoms with E-state index in [-0.39, 0.29) is 22.6 Å². The first kappa shape index (κ1) is 18.4. The highest BCUT2D eigenvalue weighted by molar-refractivity contribution is 9.10. The van der Waals surface area contributed by atoms with Crippen LogP contribution in [0.3, 0.4) is 0 Å².